The molecule has 116 valence electrons. The summed E-state index contributed by atoms with van der Waals surface area (Å²) in [5.41, 5.74) is 1.17. The van der Waals surface area contributed by atoms with E-state index in [1.54, 1.807) is 0 Å². The Kier molecular flexibility index (Phi) is 6.06. The fourth-order valence-corrected chi connectivity index (χ4v) is 3.04. The van der Waals surface area contributed by atoms with Gasteiger partial charge in [0.05, 0.1) is 6.61 Å². The van der Waals surface area contributed by atoms with Crippen LogP contribution in [0.4, 0.5) is 0 Å². The molecule has 0 saturated heterocycles. The van der Waals surface area contributed by atoms with Crippen LogP contribution in [0.15, 0.2) is 22.7 Å². The maximum atomic E-state index is 12.0. The van der Waals surface area contributed by atoms with Gasteiger partial charge in [0, 0.05) is 48.6 Å². The summed E-state index contributed by atoms with van der Waals surface area (Å²) >= 11 is 3.50. The maximum absolute atomic E-state index is 12.0. The first kappa shape index (κ1) is 16.3. The quantitative estimate of drug-likeness (QED) is 0.853. The number of hydrogen-bond donors (Lipinski definition) is 1. The molecule has 0 spiro atoms. The number of amides is 1. The van der Waals surface area contributed by atoms with Crippen LogP contribution < -0.4 is 10.1 Å². The molecule has 4 nitrogen and oxygen atoms in total. The van der Waals surface area contributed by atoms with E-state index < -0.39 is 0 Å². The van der Waals surface area contributed by atoms with E-state index in [9.17, 15) is 4.79 Å². The molecule has 1 aliphatic heterocycles. The van der Waals surface area contributed by atoms with Crippen molar-refractivity contribution in [2.45, 2.75) is 32.7 Å². The highest BCUT2D eigenvalue weighted by Crippen LogP contribution is 2.33. The van der Waals surface area contributed by atoms with E-state index in [1.807, 2.05) is 30.9 Å². The highest BCUT2D eigenvalue weighted by Gasteiger charge is 2.21. The number of carbonyl (C=O) groups is 1. The number of nitrogens with one attached hydrogen (secondary N) is 1. The van der Waals surface area contributed by atoms with Crippen LogP contribution in [-0.2, 0) is 4.79 Å². The first-order valence-corrected chi connectivity index (χ1v) is 8.38. The first-order chi connectivity index (χ1) is 10.2. The standard InChI is InChI=1S/C16H23BrN2O2/c1-3-19(4-2)16(20)7-9-18-14-8-10-21-15-6-5-12(17)11-13(14)15/h5-6,11,14,18H,3-4,7-10H2,1-2H3. The molecule has 5 heteroatoms. The van der Waals surface area contributed by atoms with E-state index in [-0.39, 0.29) is 11.9 Å². The molecule has 0 fully saturated rings. The Bertz CT molecular complexity index is 489. The lowest BCUT2D eigenvalue weighted by atomic mass is 10.0. The molecule has 0 radical (unpaired) electrons. The number of halogens is 1. The van der Waals surface area contributed by atoms with Crippen molar-refractivity contribution in [3.8, 4) is 5.75 Å². The minimum absolute atomic E-state index is 0.217. The van der Waals surface area contributed by atoms with Gasteiger partial charge in [-0.2, -0.15) is 0 Å². The Morgan fingerprint density at radius 1 is 1.43 bits per heavy atom. The van der Waals surface area contributed by atoms with E-state index in [2.05, 4.69) is 27.3 Å². The van der Waals surface area contributed by atoms with Gasteiger partial charge < -0.3 is 15.0 Å². The van der Waals surface area contributed by atoms with Crippen LogP contribution in [0, 0.1) is 0 Å². The molecule has 1 heterocycles. The van der Waals surface area contributed by atoms with Crippen LogP contribution in [0.1, 0.15) is 38.3 Å². The van der Waals surface area contributed by atoms with Crippen molar-refractivity contribution < 1.29 is 9.53 Å². The normalized spacial score (nSPS) is 17.0. The molecular formula is C16H23BrN2O2. The van der Waals surface area contributed by atoms with Crippen LogP contribution in [0.5, 0.6) is 5.75 Å². The van der Waals surface area contributed by atoms with E-state index >= 15 is 0 Å². The number of fused-ring (bicyclic) bond motifs is 1. The van der Waals surface area contributed by atoms with Gasteiger partial charge in [-0.05, 0) is 32.0 Å². The zero-order valence-corrected chi connectivity index (χ0v) is 14.3. The zero-order valence-electron chi connectivity index (χ0n) is 12.7. The topological polar surface area (TPSA) is 41.6 Å². The average molecular weight is 355 g/mol. The molecule has 0 bridgehead atoms. The summed E-state index contributed by atoms with van der Waals surface area (Å²) in [5.74, 6) is 1.16. The molecule has 1 atom stereocenters. The van der Waals surface area contributed by atoms with Crippen LogP contribution in [-0.4, -0.2) is 37.0 Å². The molecule has 1 aromatic carbocycles. The fourth-order valence-electron chi connectivity index (χ4n) is 2.67. The van der Waals surface area contributed by atoms with Gasteiger partial charge in [-0.3, -0.25) is 4.79 Å². The van der Waals surface area contributed by atoms with E-state index in [1.165, 1.54) is 5.56 Å². The summed E-state index contributed by atoms with van der Waals surface area (Å²) in [5, 5.41) is 3.49. The predicted molar refractivity (Wildman–Crippen MR) is 87.5 cm³/mol. The third-order valence-corrected chi connectivity index (χ3v) is 4.35. The number of nitrogens with zero attached hydrogens (tertiary/aromatic N) is 1. The summed E-state index contributed by atoms with van der Waals surface area (Å²) in [6, 6.07) is 6.34. The molecule has 0 aliphatic carbocycles. The van der Waals surface area contributed by atoms with Crippen molar-refractivity contribution in [3.05, 3.63) is 28.2 Å². The summed E-state index contributed by atoms with van der Waals surface area (Å²) < 4.78 is 6.73. The summed E-state index contributed by atoms with van der Waals surface area (Å²) in [7, 11) is 0. The molecule has 1 N–H and O–H groups in total. The van der Waals surface area contributed by atoms with Gasteiger partial charge in [0.15, 0.2) is 0 Å². The van der Waals surface area contributed by atoms with Crippen LogP contribution in [0.2, 0.25) is 0 Å². The Morgan fingerprint density at radius 2 is 2.19 bits per heavy atom. The second-order valence-electron chi connectivity index (χ2n) is 5.14. The highest BCUT2D eigenvalue weighted by atomic mass is 79.9. The second-order valence-corrected chi connectivity index (χ2v) is 6.06. The van der Waals surface area contributed by atoms with Crippen molar-refractivity contribution in [2.24, 2.45) is 0 Å². The van der Waals surface area contributed by atoms with Gasteiger partial charge in [0.1, 0.15) is 5.75 Å². The predicted octanol–water partition coefficient (Wildman–Crippen LogP) is 3.12. The number of rotatable bonds is 6. The second kappa shape index (κ2) is 7.80. The van der Waals surface area contributed by atoms with E-state index in [0.717, 1.165) is 36.3 Å². The Hall–Kier alpha value is -1.07. The lowest BCUT2D eigenvalue weighted by molar-refractivity contribution is -0.130. The van der Waals surface area contributed by atoms with Crippen LogP contribution >= 0.6 is 15.9 Å². The molecule has 2 rings (SSSR count). The molecule has 1 aliphatic rings. The fraction of sp³-hybridized carbons (Fsp3) is 0.562. The Balaban J connectivity index is 1.90. The third kappa shape index (κ3) is 4.20. The van der Waals surface area contributed by atoms with Gasteiger partial charge in [-0.15, -0.1) is 0 Å². The molecule has 0 aromatic heterocycles. The summed E-state index contributed by atoms with van der Waals surface area (Å²) in [4.78, 5) is 13.9. The highest BCUT2D eigenvalue weighted by molar-refractivity contribution is 9.10. The first-order valence-electron chi connectivity index (χ1n) is 7.59. The largest absolute Gasteiger partial charge is 0.493 e. The van der Waals surface area contributed by atoms with Gasteiger partial charge >= 0.3 is 0 Å². The zero-order chi connectivity index (χ0) is 15.2. The molecule has 21 heavy (non-hydrogen) atoms. The van der Waals surface area contributed by atoms with Gasteiger partial charge in [-0.1, -0.05) is 15.9 Å². The third-order valence-electron chi connectivity index (χ3n) is 3.86. The van der Waals surface area contributed by atoms with E-state index in [4.69, 9.17) is 4.74 Å². The van der Waals surface area contributed by atoms with Crippen molar-refractivity contribution in [1.29, 1.82) is 0 Å². The maximum Gasteiger partial charge on any atom is 0.223 e. The molecule has 1 amide bonds. The summed E-state index contributed by atoms with van der Waals surface area (Å²) in [6.07, 6.45) is 1.48. The molecule has 1 aromatic rings. The lowest BCUT2D eigenvalue weighted by Gasteiger charge is -2.27. The van der Waals surface area contributed by atoms with Crippen molar-refractivity contribution in [3.63, 3.8) is 0 Å². The van der Waals surface area contributed by atoms with Gasteiger partial charge in [0.2, 0.25) is 5.91 Å². The smallest absolute Gasteiger partial charge is 0.223 e. The SMILES string of the molecule is CCN(CC)C(=O)CCNC1CCOc2ccc(Br)cc21. The molecule has 1 unspecified atom stereocenters. The monoisotopic (exact) mass is 354 g/mol. The minimum Gasteiger partial charge on any atom is -0.493 e. The minimum atomic E-state index is 0.217. The van der Waals surface area contributed by atoms with Crippen molar-refractivity contribution >= 4 is 21.8 Å². The Labute approximate surface area is 135 Å². The van der Waals surface area contributed by atoms with Gasteiger partial charge in [-0.25, -0.2) is 0 Å². The van der Waals surface area contributed by atoms with Crippen LogP contribution in [0.25, 0.3) is 0 Å². The van der Waals surface area contributed by atoms with Crippen molar-refractivity contribution in [1.82, 2.24) is 10.2 Å². The van der Waals surface area contributed by atoms with Gasteiger partial charge in [0.25, 0.3) is 0 Å². The Morgan fingerprint density at radius 3 is 2.90 bits per heavy atom. The molecular weight excluding hydrogens is 332 g/mol. The number of carbonyl (C=O) groups excluding carboxylic acids is 1. The summed E-state index contributed by atoms with van der Waals surface area (Å²) in [6.45, 7) is 7.01. The van der Waals surface area contributed by atoms with E-state index in [0.29, 0.717) is 13.0 Å². The average Bonchev–Trinajstić information content (AvgIpc) is 2.49. The van der Waals surface area contributed by atoms with Crippen molar-refractivity contribution in [2.75, 3.05) is 26.2 Å². The number of hydrogen-bond acceptors (Lipinski definition) is 3. The van der Waals surface area contributed by atoms with Crippen LogP contribution in [0.3, 0.4) is 0 Å². The lowest BCUT2D eigenvalue weighted by Crippen LogP contribution is -2.34. The molecule has 0 saturated carbocycles. The number of benzene rings is 1. The number of ether oxygens (including phenoxy) is 1.